The lowest BCUT2D eigenvalue weighted by molar-refractivity contribution is -0.121. The van der Waals surface area contributed by atoms with Crippen LogP contribution in [-0.2, 0) is 4.79 Å². The molecule has 0 aliphatic heterocycles. The highest BCUT2D eigenvalue weighted by Gasteiger charge is 2.20. The van der Waals surface area contributed by atoms with Gasteiger partial charge in [0.25, 0.3) is 0 Å². The number of nitrogens with two attached hydrogens (primary N) is 1. The van der Waals surface area contributed by atoms with Crippen LogP contribution in [0.15, 0.2) is 0 Å². The average molecular weight is 193 g/mol. The second kappa shape index (κ2) is 5.82. The van der Waals surface area contributed by atoms with Crippen LogP contribution in [0.5, 0.6) is 0 Å². The van der Waals surface area contributed by atoms with Crippen LogP contribution in [0.25, 0.3) is 0 Å². The smallest absolute Gasteiger partial charge is 0.150 e. The molecule has 1 saturated carbocycles. The number of ketones is 1. The number of Topliss-reactive ketones (excluding diaryl/α,β-unsaturated/α-hetero) is 1. The largest absolute Gasteiger partial charge is 0.321 e. The van der Waals surface area contributed by atoms with E-state index in [4.69, 9.17) is 12.2 Å². The molecule has 78 valence electrons. The molecule has 0 spiro atoms. The predicted molar refractivity (Wildman–Crippen MR) is 57.6 cm³/mol. The highest BCUT2D eigenvalue weighted by atomic mass is 16.1. The fourth-order valence-corrected chi connectivity index (χ4v) is 2.07. The van der Waals surface area contributed by atoms with Crippen LogP contribution in [0.4, 0.5) is 0 Å². The van der Waals surface area contributed by atoms with Gasteiger partial charge in [-0.05, 0) is 5.92 Å². The Morgan fingerprint density at radius 2 is 2.07 bits per heavy atom. The summed E-state index contributed by atoms with van der Waals surface area (Å²) in [7, 11) is 0. The van der Waals surface area contributed by atoms with E-state index in [0.717, 1.165) is 0 Å². The van der Waals surface area contributed by atoms with Crippen molar-refractivity contribution in [2.24, 2.45) is 11.7 Å². The van der Waals surface area contributed by atoms with Crippen molar-refractivity contribution in [2.75, 3.05) is 0 Å². The minimum Gasteiger partial charge on any atom is -0.321 e. The van der Waals surface area contributed by atoms with Gasteiger partial charge in [0.05, 0.1) is 6.04 Å². The second-order valence-corrected chi connectivity index (χ2v) is 4.19. The third kappa shape index (κ3) is 3.51. The fourth-order valence-electron chi connectivity index (χ4n) is 2.07. The van der Waals surface area contributed by atoms with Crippen LogP contribution in [0.1, 0.15) is 44.9 Å². The van der Waals surface area contributed by atoms with Gasteiger partial charge in [0.2, 0.25) is 0 Å². The van der Waals surface area contributed by atoms with Crippen molar-refractivity contribution in [3.8, 4) is 12.3 Å². The number of hydrogen-bond acceptors (Lipinski definition) is 2. The molecular weight excluding hydrogens is 174 g/mol. The maximum absolute atomic E-state index is 11.6. The van der Waals surface area contributed by atoms with E-state index in [2.05, 4.69) is 5.92 Å². The minimum absolute atomic E-state index is 0.148. The molecule has 1 aliphatic rings. The zero-order valence-corrected chi connectivity index (χ0v) is 8.67. The summed E-state index contributed by atoms with van der Waals surface area (Å²) in [4.78, 5) is 11.6. The van der Waals surface area contributed by atoms with Gasteiger partial charge in [-0.2, -0.15) is 0 Å². The van der Waals surface area contributed by atoms with Crippen molar-refractivity contribution in [1.29, 1.82) is 0 Å². The van der Waals surface area contributed by atoms with E-state index >= 15 is 0 Å². The normalized spacial score (nSPS) is 20.0. The van der Waals surface area contributed by atoms with Crippen LogP contribution in [0.3, 0.4) is 0 Å². The molecule has 0 aromatic heterocycles. The quantitative estimate of drug-likeness (QED) is 0.693. The third-order valence-corrected chi connectivity index (χ3v) is 2.97. The van der Waals surface area contributed by atoms with E-state index in [-0.39, 0.29) is 5.78 Å². The lowest BCUT2D eigenvalue weighted by Crippen LogP contribution is -2.31. The van der Waals surface area contributed by atoms with Crippen LogP contribution in [0, 0.1) is 18.3 Å². The Balaban J connectivity index is 2.28. The molecule has 1 atom stereocenters. The maximum atomic E-state index is 11.6. The first-order chi connectivity index (χ1) is 6.74. The van der Waals surface area contributed by atoms with Crippen molar-refractivity contribution >= 4 is 5.78 Å². The van der Waals surface area contributed by atoms with Crippen LogP contribution in [0.2, 0.25) is 0 Å². The lowest BCUT2D eigenvalue weighted by atomic mass is 9.84. The predicted octanol–water partition coefficient (Wildman–Crippen LogP) is 1.88. The molecule has 1 fully saturated rings. The number of hydrogen-bond donors (Lipinski definition) is 1. The molecule has 2 heteroatoms. The summed E-state index contributed by atoms with van der Waals surface area (Å²) in [5.74, 6) is 3.16. The summed E-state index contributed by atoms with van der Waals surface area (Å²) >= 11 is 0. The van der Waals surface area contributed by atoms with E-state index in [1.165, 1.54) is 32.1 Å². The van der Waals surface area contributed by atoms with Crippen molar-refractivity contribution in [3.05, 3.63) is 0 Å². The van der Waals surface area contributed by atoms with Crippen molar-refractivity contribution in [1.82, 2.24) is 0 Å². The van der Waals surface area contributed by atoms with Gasteiger partial charge in [0.15, 0.2) is 5.78 Å². The third-order valence-electron chi connectivity index (χ3n) is 2.97. The Morgan fingerprint density at radius 3 is 2.64 bits per heavy atom. The molecular formula is C12H19NO. The van der Waals surface area contributed by atoms with Crippen LogP contribution < -0.4 is 5.73 Å². The standard InChI is InChI=1S/C12H19NO/c1-2-6-11(13)12(14)9-10-7-4-3-5-8-10/h1,10-11H,3-9,13H2. The molecule has 0 amide bonds. The molecule has 1 aliphatic carbocycles. The molecule has 2 N–H and O–H groups in total. The molecule has 0 bridgehead atoms. The average Bonchev–Trinajstić information content (AvgIpc) is 2.19. The van der Waals surface area contributed by atoms with Gasteiger partial charge < -0.3 is 5.73 Å². The zero-order valence-electron chi connectivity index (χ0n) is 8.67. The Kier molecular flexibility index (Phi) is 4.69. The molecule has 14 heavy (non-hydrogen) atoms. The van der Waals surface area contributed by atoms with Crippen LogP contribution >= 0.6 is 0 Å². The topological polar surface area (TPSA) is 43.1 Å². The van der Waals surface area contributed by atoms with Gasteiger partial charge in [-0.1, -0.05) is 32.1 Å². The SMILES string of the molecule is C#CCC(N)C(=O)CC1CCCCC1. The Hall–Kier alpha value is -0.810. The van der Waals surface area contributed by atoms with E-state index in [1.807, 2.05) is 0 Å². The monoisotopic (exact) mass is 193 g/mol. The van der Waals surface area contributed by atoms with Gasteiger partial charge >= 0.3 is 0 Å². The molecule has 1 unspecified atom stereocenters. The van der Waals surface area contributed by atoms with Gasteiger partial charge in [0.1, 0.15) is 0 Å². The highest BCUT2D eigenvalue weighted by molar-refractivity contribution is 5.84. The summed E-state index contributed by atoms with van der Waals surface area (Å²) in [6, 6.07) is -0.429. The fraction of sp³-hybridized carbons (Fsp3) is 0.750. The molecule has 0 heterocycles. The zero-order chi connectivity index (χ0) is 10.4. The van der Waals surface area contributed by atoms with Gasteiger partial charge in [-0.25, -0.2) is 0 Å². The summed E-state index contributed by atoms with van der Waals surface area (Å²) in [6.45, 7) is 0. The summed E-state index contributed by atoms with van der Waals surface area (Å²) in [6.07, 6.45) is 12.4. The molecule has 0 saturated heterocycles. The summed E-state index contributed by atoms with van der Waals surface area (Å²) in [5, 5.41) is 0. The molecule has 2 nitrogen and oxygen atoms in total. The Morgan fingerprint density at radius 1 is 1.43 bits per heavy atom. The van der Waals surface area contributed by atoms with Crippen molar-refractivity contribution < 1.29 is 4.79 Å². The first-order valence-electron chi connectivity index (χ1n) is 5.45. The van der Waals surface area contributed by atoms with Gasteiger partial charge in [-0.3, -0.25) is 4.79 Å². The van der Waals surface area contributed by atoms with Crippen LogP contribution in [-0.4, -0.2) is 11.8 Å². The molecule has 1 rings (SSSR count). The van der Waals surface area contributed by atoms with Gasteiger partial charge in [-0.15, -0.1) is 12.3 Å². The second-order valence-electron chi connectivity index (χ2n) is 4.19. The molecule has 0 aromatic rings. The van der Waals surface area contributed by atoms with E-state index < -0.39 is 6.04 Å². The van der Waals surface area contributed by atoms with Crippen molar-refractivity contribution in [2.45, 2.75) is 51.0 Å². The van der Waals surface area contributed by atoms with Gasteiger partial charge in [0, 0.05) is 12.8 Å². The minimum atomic E-state index is -0.429. The highest BCUT2D eigenvalue weighted by Crippen LogP contribution is 2.26. The maximum Gasteiger partial charge on any atom is 0.150 e. The molecule has 0 radical (unpaired) electrons. The first-order valence-corrected chi connectivity index (χ1v) is 5.45. The number of carbonyl (C=O) groups is 1. The Labute approximate surface area is 86.2 Å². The Bertz CT molecular complexity index is 223. The number of rotatable bonds is 4. The van der Waals surface area contributed by atoms with E-state index in [9.17, 15) is 4.79 Å². The van der Waals surface area contributed by atoms with E-state index in [1.54, 1.807) is 0 Å². The first kappa shape index (κ1) is 11.3. The summed E-state index contributed by atoms with van der Waals surface area (Å²) in [5.41, 5.74) is 5.65. The lowest BCUT2D eigenvalue weighted by Gasteiger charge is -2.21. The number of carbonyl (C=O) groups excluding carboxylic acids is 1. The molecule has 0 aromatic carbocycles. The van der Waals surface area contributed by atoms with Crippen molar-refractivity contribution in [3.63, 3.8) is 0 Å². The summed E-state index contributed by atoms with van der Waals surface area (Å²) < 4.78 is 0. The van der Waals surface area contributed by atoms with E-state index in [0.29, 0.717) is 18.8 Å². The number of terminal acetylenes is 1.